The molecule has 1 aromatic carbocycles. The fourth-order valence-electron chi connectivity index (χ4n) is 3.71. The molecule has 0 atom stereocenters. The number of aryl methyl sites for hydroxylation is 2. The summed E-state index contributed by atoms with van der Waals surface area (Å²) in [6, 6.07) is 8.02. The van der Waals surface area contributed by atoms with Crippen molar-refractivity contribution >= 4 is 33.7 Å². The molecule has 0 unspecified atom stereocenters. The summed E-state index contributed by atoms with van der Waals surface area (Å²) >= 11 is 0. The lowest BCUT2D eigenvalue weighted by molar-refractivity contribution is 0.641. The zero-order valence-corrected chi connectivity index (χ0v) is 15.4. The number of aromatic nitrogens is 6. The van der Waals surface area contributed by atoms with E-state index in [9.17, 15) is 0 Å². The van der Waals surface area contributed by atoms with Gasteiger partial charge < -0.3 is 9.80 Å². The van der Waals surface area contributed by atoms with Gasteiger partial charge in [0.15, 0.2) is 11.5 Å². The van der Waals surface area contributed by atoms with Crippen LogP contribution in [0.4, 0.5) is 11.6 Å². The molecular weight excluding hydrogens is 340 g/mol. The minimum absolute atomic E-state index is 0.860. The number of rotatable bonds is 2. The largest absolute Gasteiger partial charge is 0.352 e. The summed E-state index contributed by atoms with van der Waals surface area (Å²) in [5.74, 6) is 1.93. The predicted octanol–water partition coefficient (Wildman–Crippen LogP) is 1.94. The van der Waals surface area contributed by atoms with Gasteiger partial charge in [0, 0.05) is 33.2 Å². The summed E-state index contributed by atoms with van der Waals surface area (Å²) in [7, 11) is 1.90. The van der Waals surface area contributed by atoms with Gasteiger partial charge in [0.2, 0.25) is 0 Å². The van der Waals surface area contributed by atoms with Gasteiger partial charge in [0.05, 0.1) is 28.3 Å². The molecule has 0 aliphatic carbocycles. The number of benzene rings is 1. The molecule has 1 saturated heterocycles. The summed E-state index contributed by atoms with van der Waals surface area (Å²) in [5.41, 5.74) is 3.71. The van der Waals surface area contributed by atoms with Crippen LogP contribution in [-0.4, -0.2) is 55.9 Å². The van der Waals surface area contributed by atoms with Crippen molar-refractivity contribution in [3.05, 3.63) is 42.5 Å². The van der Waals surface area contributed by atoms with Gasteiger partial charge in [-0.05, 0) is 19.1 Å². The summed E-state index contributed by atoms with van der Waals surface area (Å²) < 4.78 is 1.78. The van der Waals surface area contributed by atoms with Crippen LogP contribution in [0.25, 0.3) is 22.1 Å². The van der Waals surface area contributed by atoms with Crippen LogP contribution in [0.2, 0.25) is 0 Å². The third kappa shape index (κ3) is 2.64. The van der Waals surface area contributed by atoms with Crippen molar-refractivity contribution in [2.75, 3.05) is 36.0 Å². The van der Waals surface area contributed by atoms with Crippen molar-refractivity contribution in [1.82, 2.24) is 29.7 Å². The van der Waals surface area contributed by atoms with Crippen LogP contribution in [0.5, 0.6) is 0 Å². The van der Waals surface area contributed by atoms with E-state index in [4.69, 9.17) is 9.97 Å². The van der Waals surface area contributed by atoms with Crippen molar-refractivity contribution < 1.29 is 0 Å². The standard InChI is InChI=1S/C19H20N8/c1-13-17(24-16-6-4-3-5-15(16)23-13)26-7-9-27(10-8-26)19-14-11-22-25(2)18(14)20-12-21-19/h3-6,11-12H,7-10H2,1-2H3. The van der Waals surface area contributed by atoms with Gasteiger partial charge in [-0.25, -0.2) is 19.9 Å². The summed E-state index contributed by atoms with van der Waals surface area (Å²) in [6.07, 6.45) is 3.46. The number of hydrogen-bond donors (Lipinski definition) is 0. The van der Waals surface area contributed by atoms with Crippen LogP contribution in [-0.2, 0) is 7.05 Å². The number of nitrogens with zero attached hydrogens (tertiary/aromatic N) is 8. The normalized spacial score (nSPS) is 15.0. The Bertz CT molecular complexity index is 1130. The Labute approximate surface area is 156 Å². The Morgan fingerprint density at radius 3 is 2.26 bits per heavy atom. The van der Waals surface area contributed by atoms with Crippen LogP contribution < -0.4 is 9.80 Å². The first-order valence-corrected chi connectivity index (χ1v) is 9.07. The summed E-state index contributed by atoms with van der Waals surface area (Å²) in [4.78, 5) is 23.0. The van der Waals surface area contributed by atoms with Crippen molar-refractivity contribution in [2.45, 2.75) is 6.92 Å². The minimum atomic E-state index is 0.860. The Morgan fingerprint density at radius 2 is 1.52 bits per heavy atom. The van der Waals surface area contributed by atoms with E-state index in [-0.39, 0.29) is 0 Å². The van der Waals surface area contributed by atoms with E-state index in [2.05, 4.69) is 24.9 Å². The topological polar surface area (TPSA) is 75.9 Å². The second kappa shape index (κ2) is 6.15. The van der Waals surface area contributed by atoms with E-state index < -0.39 is 0 Å². The van der Waals surface area contributed by atoms with E-state index in [1.165, 1.54) is 0 Å². The first-order chi connectivity index (χ1) is 13.2. The highest BCUT2D eigenvalue weighted by atomic mass is 15.3. The van der Waals surface area contributed by atoms with Gasteiger partial charge in [-0.3, -0.25) is 4.68 Å². The highest BCUT2D eigenvalue weighted by Crippen LogP contribution is 2.26. The zero-order valence-electron chi connectivity index (χ0n) is 15.4. The van der Waals surface area contributed by atoms with Crippen molar-refractivity contribution in [1.29, 1.82) is 0 Å². The van der Waals surface area contributed by atoms with Crippen LogP contribution in [0.3, 0.4) is 0 Å². The van der Waals surface area contributed by atoms with Crippen LogP contribution in [0.15, 0.2) is 36.8 Å². The van der Waals surface area contributed by atoms with Gasteiger partial charge in [-0.2, -0.15) is 5.10 Å². The highest BCUT2D eigenvalue weighted by Gasteiger charge is 2.23. The first kappa shape index (κ1) is 15.9. The fourth-order valence-corrected chi connectivity index (χ4v) is 3.71. The maximum Gasteiger partial charge on any atom is 0.163 e. The minimum Gasteiger partial charge on any atom is -0.352 e. The SMILES string of the molecule is Cc1nc2ccccc2nc1N1CCN(c2ncnc3c2cnn3C)CC1. The highest BCUT2D eigenvalue weighted by molar-refractivity contribution is 5.86. The second-order valence-electron chi connectivity index (χ2n) is 6.80. The lowest BCUT2D eigenvalue weighted by Crippen LogP contribution is -2.47. The molecule has 27 heavy (non-hydrogen) atoms. The lowest BCUT2D eigenvalue weighted by Gasteiger charge is -2.36. The number of fused-ring (bicyclic) bond motifs is 2. The molecule has 3 aromatic heterocycles. The fraction of sp³-hybridized carbons (Fsp3) is 0.316. The molecule has 1 fully saturated rings. The predicted molar refractivity (Wildman–Crippen MR) is 105 cm³/mol. The third-order valence-corrected chi connectivity index (χ3v) is 5.11. The van der Waals surface area contributed by atoms with Crippen LogP contribution in [0, 0.1) is 6.92 Å². The van der Waals surface area contributed by atoms with E-state index in [1.54, 1.807) is 11.0 Å². The van der Waals surface area contributed by atoms with Gasteiger partial charge in [-0.15, -0.1) is 0 Å². The molecule has 8 heteroatoms. The second-order valence-corrected chi connectivity index (χ2v) is 6.80. The Kier molecular flexibility index (Phi) is 3.63. The maximum atomic E-state index is 4.86. The van der Waals surface area contributed by atoms with E-state index in [0.717, 1.165) is 65.6 Å². The van der Waals surface area contributed by atoms with Crippen molar-refractivity contribution in [3.8, 4) is 0 Å². The van der Waals surface area contributed by atoms with E-state index in [0.29, 0.717) is 0 Å². The van der Waals surface area contributed by atoms with Gasteiger partial charge in [-0.1, -0.05) is 12.1 Å². The summed E-state index contributed by atoms with van der Waals surface area (Å²) in [5, 5.41) is 5.31. The van der Waals surface area contributed by atoms with Crippen LogP contribution >= 0.6 is 0 Å². The number of para-hydroxylation sites is 2. The van der Waals surface area contributed by atoms with Gasteiger partial charge >= 0.3 is 0 Å². The molecule has 0 radical (unpaired) electrons. The number of piperazine rings is 1. The lowest BCUT2D eigenvalue weighted by atomic mass is 10.2. The number of anilines is 2. The van der Waals surface area contributed by atoms with E-state index in [1.807, 2.05) is 44.4 Å². The van der Waals surface area contributed by atoms with Gasteiger partial charge in [0.1, 0.15) is 12.1 Å². The van der Waals surface area contributed by atoms with Crippen LogP contribution in [0.1, 0.15) is 5.69 Å². The third-order valence-electron chi connectivity index (χ3n) is 5.11. The maximum absolute atomic E-state index is 4.86. The molecule has 0 saturated carbocycles. The molecule has 5 rings (SSSR count). The monoisotopic (exact) mass is 360 g/mol. The van der Waals surface area contributed by atoms with E-state index >= 15 is 0 Å². The van der Waals surface area contributed by atoms with Gasteiger partial charge in [0.25, 0.3) is 0 Å². The van der Waals surface area contributed by atoms with Crippen molar-refractivity contribution in [3.63, 3.8) is 0 Å². The molecule has 4 heterocycles. The molecule has 0 amide bonds. The molecule has 1 aliphatic heterocycles. The average molecular weight is 360 g/mol. The zero-order chi connectivity index (χ0) is 18.4. The first-order valence-electron chi connectivity index (χ1n) is 9.07. The quantitative estimate of drug-likeness (QED) is 0.541. The molecule has 0 N–H and O–H groups in total. The molecule has 0 bridgehead atoms. The number of hydrogen-bond acceptors (Lipinski definition) is 7. The Balaban J connectivity index is 1.41. The molecule has 136 valence electrons. The van der Waals surface area contributed by atoms with Crippen molar-refractivity contribution in [2.24, 2.45) is 7.05 Å². The molecule has 1 aliphatic rings. The summed E-state index contributed by atoms with van der Waals surface area (Å²) in [6.45, 7) is 5.52. The molecule has 0 spiro atoms. The molecule has 4 aromatic rings. The Morgan fingerprint density at radius 1 is 0.852 bits per heavy atom. The Hall–Kier alpha value is -3.29. The smallest absolute Gasteiger partial charge is 0.163 e. The molecule has 8 nitrogen and oxygen atoms in total. The average Bonchev–Trinajstić information content (AvgIpc) is 3.09. The molecular formula is C19H20N8.